The summed E-state index contributed by atoms with van der Waals surface area (Å²) in [6, 6.07) is 0. The standard InChI is InChI=1S/C51H97N9O8/c1-11-15-20-56-36-41(61)38(31-44(64)58-27-25-54-23-18-52)33-49(5,6)43(63)30-40(48(68)60-28-26-55-24-19-53)35-51(9,10)46(66)39(32-45(65)57-21-16-12-2)34-50(7,8)42(62)29-37(14-4)47(67)59-22-17-13-3/h37-40,54-56H,11-36,52-53H2,1-10H3,(H,57,65)(H,58,64)(H,59,67)(H,60,68). The van der Waals surface area contributed by atoms with Crippen molar-refractivity contribution in [1.82, 2.24) is 37.2 Å². The molecule has 4 unspecified atom stereocenters. The number of ketones is 4. The van der Waals surface area contributed by atoms with Gasteiger partial charge >= 0.3 is 0 Å². The maximum absolute atomic E-state index is 14.9. The Morgan fingerprint density at radius 2 is 0.838 bits per heavy atom. The second-order valence-electron chi connectivity index (χ2n) is 20.6. The summed E-state index contributed by atoms with van der Waals surface area (Å²) in [5, 5.41) is 21.1. The zero-order chi connectivity index (χ0) is 51.8. The fraction of sp³-hybridized carbons (Fsp3) is 0.843. The zero-order valence-electron chi connectivity index (χ0n) is 44.1. The first-order valence-corrected chi connectivity index (χ1v) is 25.8. The first-order valence-electron chi connectivity index (χ1n) is 25.8. The van der Waals surface area contributed by atoms with Crippen molar-refractivity contribution in [1.29, 1.82) is 0 Å². The monoisotopic (exact) mass is 964 g/mol. The first-order chi connectivity index (χ1) is 32.1. The van der Waals surface area contributed by atoms with Crippen LogP contribution in [0.15, 0.2) is 0 Å². The molecule has 0 saturated carbocycles. The van der Waals surface area contributed by atoms with Gasteiger partial charge in [0.25, 0.3) is 0 Å². The van der Waals surface area contributed by atoms with E-state index in [2.05, 4.69) is 44.1 Å². The number of nitrogens with one attached hydrogen (secondary N) is 7. The Balaban J connectivity index is 6.80. The molecule has 0 saturated heterocycles. The summed E-state index contributed by atoms with van der Waals surface area (Å²) in [5.74, 6) is -5.42. The second-order valence-corrected chi connectivity index (χ2v) is 20.6. The molecule has 0 aromatic carbocycles. The van der Waals surface area contributed by atoms with Crippen molar-refractivity contribution in [3.8, 4) is 0 Å². The van der Waals surface area contributed by atoms with Crippen LogP contribution in [0.25, 0.3) is 0 Å². The van der Waals surface area contributed by atoms with Gasteiger partial charge in [0.05, 0.1) is 6.54 Å². The maximum atomic E-state index is 14.9. The van der Waals surface area contributed by atoms with Crippen LogP contribution in [-0.2, 0) is 38.4 Å². The van der Waals surface area contributed by atoms with Gasteiger partial charge in [-0.15, -0.1) is 0 Å². The Bertz CT molecular complexity index is 1540. The van der Waals surface area contributed by atoms with Gasteiger partial charge in [-0.25, -0.2) is 0 Å². The molecule has 11 N–H and O–H groups in total. The van der Waals surface area contributed by atoms with Crippen LogP contribution in [0.2, 0.25) is 0 Å². The van der Waals surface area contributed by atoms with Crippen LogP contribution in [0, 0.1) is 39.9 Å². The fourth-order valence-corrected chi connectivity index (χ4v) is 8.32. The van der Waals surface area contributed by atoms with E-state index in [0.717, 1.165) is 38.5 Å². The van der Waals surface area contributed by atoms with Gasteiger partial charge in [-0.1, -0.05) is 88.5 Å². The molecule has 17 nitrogen and oxygen atoms in total. The van der Waals surface area contributed by atoms with E-state index < -0.39 is 45.8 Å². The number of unbranched alkanes of at least 4 members (excludes halogenated alkanes) is 3. The molecule has 0 aromatic heterocycles. The molecule has 0 aromatic rings. The summed E-state index contributed by atoms with van der Waals surface area (Å²) in [5.41, 5.74) is 7.71. The molecule has 394 valence electrons. The van der Waals surface area contributed by atoms with E-state index in [1.165, 1.54) is 0 Å². The Kier molecular flexibility index (Phi) is 33.6. The van der Waals surface area contributed by atoms with E-state index in [9.17, 15) is 38.4 Å². The average molecular weight is 964 g/mol. The SMILES string of the molecule is CCCCNCC(=O)C(CC(=O)NCCNCCN)CC(C)(C)C(=O)CC(CC(C)(C)C(=O)C(CC(=O)NCCCC)CC(C)(C)C(=O)CC(CC)C(=O)NCCCC)C(=O)NCCNCCN. The molecule has 0 spiro atoms. The van der Waals surface area contributed by atoms with Gasteiger partial charge in [-0.3, -0.25) is 38.4 Å². The maximum Gasteiger partial charge on any atom is 0.223 e. The van der Waals surface area contributed by atoms with Crippen LogP contribution < -0.4 is 48.7 Å². The Labute approximate surface area is 410 Å². The lowest BCUT2D eigenvalue weighted by Gasteiger charge is -2.35. The molecule has 4 atom stereocenters. The van der Waals surface area contributed by atoms with Crippen LogP contribution in [-0.4, -0.2) is 125 Å². The Morgan fingerprint density at radius 3 is 1.35 bits per heavy atom. The molecule has 0 rings (SSSR count). The molecule has 0 aliphatic rings. The number of Topliss-reactive ketones (excluding diaryl/α,β-unsaturated/α-hetero) is 4. The van der Waals surface area contributed by atoms with Crippen LogP contribution in [0.5, 0.6) is 0 Å². The first kappa shape index (κ1) is 64.4. The van der Waals surface area contributed by atoms with E-state index in [4.69, 9.17) is 11.5 Å². The lowest BCUT2D eigenvalue weighted by atomic mass is 9.67. The summed E-state index contributed by atoms with van der Waals surface area (Å²) >= 11 is 0. The van der Waals surface area contributed by atoms with E-state index in [1.54, 1.807) is 41.5 Å². The molecular formula is C51H97N9O8. The lowest BCUT2D eigenvalue weighted by molar-refractivity contribution is -0.141. The Hall–Kier alpha value is -3.64. The highest BCUT2D eigenvalue weighted by Gasteiger charge is 2.44. The van der Waals surface area contributed by atoms with Crippen molar-refractivity contribution in [2.24, 2.45) is 51.4 Å². The second kappa shape index (κ2) is 35.5. The van der Waals surface area contributed by atoms with Crippen molar-refractivity contribution in [3.63, 3.8) is 0 Å². The lowest BCUT2D eigenvalue weighted by Crippen LogP contribution is -2.44. The topological polar surface area (TPSA) is 273 Å². The van der Waals surface area contributed by atoms with Crippen molar-refractivity contribution in [3.05, 3.63) is 0 Å². The average Bonchev–Trinajstić information content (AvgIpc) is 3.28. The van der Waals surface area contributed by atoms with Gasteiger partial charge in [0.2, 0.25) is 23.6 Å². The minimum atomic E-state index is -1.25. The number of hydrogen-bond donors (Lipinski definition) is 9. The predicted molar refractivity (Wildman–Crippen MR) is 271 cm³/mol. The summed E-state index contributed by atoms with van der Waals surface area (Å²) in [6.45, 7) is 23.5. The Morgan fingerprint density at radius 1 is 0.426 bits per heavy atom. The molecule has 68 heavy (non-hydrogen) atoms. The minimum Gasteiger partial charge on any atom is -0.356 e. The third-order valence-electron chi connectivity index (χ3n) is 12.8. The molecule has 0 aliphatic heterocycles. The van der Waals surface area contributed by atoms with Crippen LogP contribution in [0.1, 0.15) is 159 Å². The van der Waals surface area contributed by atoms with Gasteiger partial charge < -0.3 is 48.7 Å². The molecule has 0 bridgehead atoms. The van der Waals surface area contributed by atoms with Crippen LogP contribution in [0.4, 0.5) is 0 Å². The largest absolute Gasteiger partial charge is 0.356 e. The third-order valence-corrected chi connectivity index (χ3v) is 12.8. The minimum absolute atomic E-state index is 0.00600. The normalized spacial score (nSPS) is 13.8. The quantitative estimate of drug-likeness (QED) is 0.0397. The molecule has 0 aliphatic carbocycles. The van der Waals surface area contributed by atoms with Crippen molar-refractivity contribution in [2.75, 3.05) is 78.5 Å². The number of amides is 4. The number of nitrogens with two attached hydrogens (primary N) is 2. The summed E-state index contributed by atoms with van der Waals surface area (Å²) < 4.78 is 0. The van der Waals surface area contributed by atoms with Crippen molar-refractivity contribution < 1.29 is 38.4 Å². The number of hydrogen-bond acceptors (Lipinski definition) is 13. The molecule has 17 heteroatoms. The summed E-state index contributed by atoms with van der Waals surface area (Å²) in [6.07, 6.45) is 5.19. The summed E-state index contributed by atoms with van der Waals surface area (Å²) in [7, 11) is 0. The highest BCUT2D eigenvalue weighted by molar-refractivity contribution is 5.95. The molecule has 0 radical (unpaired) electrons. The third kappa shape index (κ3) is 26.9. The highest BCUT2D eigenvalue weighted by atomic mass is 16.2. The molecular weight excluding hydrogens is 867 g/mol. The fourth-order valence-electron chi connectivity index (χ4n) is 8.32. The zero-order valence-corrected chi connectivity index (χ0v) is 44.1. The van der Waals surface area contributed by atoms with Gasteiger partial charge in [0.1, 0.15) is 23.1 Å². The molecule has 0 heterocycles. The molecule has 0 fully saturated rings. The summed E-state index contributed by atoms with van der Waals surface area (Å²) in [4.78, 5) is 111. The van der Waals surface area contributed by atoms with Gasteiger partial charge in [-0.2, -0.15) is 0 Å². The number of carbonyl (C=O) groups excluding carboxylic acids is 8. The predicted octanol–water partition coefficient (Wildman–Crippen LogP) is 3.50. The van der Waals surface area contributed by atoms with Crippen molar-refractivity contribution in [2.45, 2.75) is 159 Å². The van der Waals surface area contributed by atoms with Crippen molar-refractivity contribution >= 4 is 46.8 Å². The van der Waals surface area contributed by atoms with E-state index >= 15 is 0 Å². The van der Waals surface area contributed by atoms with E-state index in [-0.39, 0.29) is 98.9 Å². The van der Waals surface area contributed by atoms with Crippen LogP contribution >= 0.6 is 0 Å². The molecule has 4 amide bonds. The van der Waals surface area contributed by atoms with Gasteiger partial charge in [0.15, 0.2) is 0 Å². The number of carbonyl (C=O) groups is 8. The van der Waals surface area contributed by atoms with Gasteiger partial charge in [-0.05, 0) is 51.5 Å². The van der Waals surface area contributed by atoms with Crippen LogP contribution in [0.3, 0.4) is 0 Å². The van der Waals surface area contributed by atoms with E-state index in [1.807, 2.05) is 20.8 Å². The number of rotatable bonds is 43. The van der Waals surface area contributed by atoms with Gasteiger partial charge in [0, 0.05) is 131 Å². The highest BCUT2D eigenvalue weighted by Crippen LogP contribution is 2.40. The van der Waals surface area contributed by atoms with E-state index in [0.29, 0.717) is 71.9 Å². The smallest absolute Gasteiger partial charge is 0.223 e.